The highest BCUT2D eigenvalue weighted by Crippen LogP contribution is 2.26. The summed E-state index contributed by atoms with van der Waals surface area (Å²) in [4.78, 5) is 39.8. The Morgan fingerprint density at radius 1 is 0.872 bits per heavy atom. The predicted molar refractivity (Wildman–Crippen MR) is 183 cm³/mol. The highest BCUT2D eigenvalue weighted by Gasteiger charge is 2.21. The van der Waals surface area contributed by atoms with Crippen molar-refractivity contribution >= 4 is 35.2 Å². The van der Waals surface area contributed by atoms with Crippen molar-refractivity contribution in [3.63, 3.8) is 0 Å². The molecule has 47 heavy (non-hydrogen) atoms. The first-order valence-corrected chi connectivity index (χ1v) is 16.1. The first kappa shape index (κ1) is 33.5. The van der Waals surface area contributed by atoms with E-state index in [1.54, 1.807) is 36.4 Å². The molecule has 1 unspecified atom stereocenters. The molecule has 1 atom stereocenters. The van der Waals surface area contributed by atoms with Crippen molar-refractivity contribution in [1.29, 1.82) is 0 Å². The van der Waals surface area contributed by atoms with Gasteiger partial charge in [-0.15, -0.1) is 0 Å². The highest BCUT2D eigenvalue weighted by atomic mass is 35.5. The van der Waals surface area contributed by atoms with Crippen LogP contribution < -0.4 is 20.7 Å². The Kier molecular flexibility index (Phi) is 11.9. The van der Waals surface area contributed by atoms with E-state index in [-0.39, 0.29) is 18.0 Å². The number of urea groups is 1. The number of rotatable bonds is 12. The second kappa shape index (κ2) is 16.6. The number of carbonyl (C=O) groups excluding carboxylic acids is 3. The van der Waals surface area contributed by atoms with Gasteiger partial charge in [-0.05, 0) is 84.6 Å². The largest absolute Gasteiger partial charge is 0.486 e. The van der Waals surface area contributed by atoms with E-state index in [2.05, 4.69) is 26.9 Å². The van der Waals surface area contributed by atoms with Gasteiger partial charge in [-0.2, -0.15) is 0 Å². The molecule has 10 heteroatoms. The molecule has 1 heterocycles. The van der Waals surface area contributed by atoms with Crippen LogP contribution in [-0.4, -0.2) is 55.6 Å². The van der Waals surface area contributed by atoms with E-state index < -0.39 is 12.1 Å². The van der Waals surface area contributed by atoms with Crippen molar-refractivity contribution in [3.05, 3.63) is 130 Å². The SMILES string of the molecule is COC(=O)c1ccc(C(CCNC(=O)NC2CCN(Cc3cccc(Cl)c3)CC2)Oc2ccc(C(=O)Nc3ccccc3)cc2)cc1. The van der Waals surface area contributed by atoms with Gasteiger partial charge in [-0.3, -0.25) is 9.69 Å². The zero-order chi connectivity index (χ0) is 33.0. The van der Waals surface area contributed by atoms with Crippen LogP contribution in [0.25, 0.3) is 0 Å². The van der Waals surface area contributed by atoms with Crippen LogP contribution in [-0.2, 0) is 11.3 Å². The summed E-state index contributed by atoms with van der Waals surface area (Å²) in [7, 11) is 1.34. The minimum absolute atomic E-state index is 0.0983. The molecule has 4 aromatic carbocycles. The fourth-order valence-corrected chi connectivity index (χ4v) is 5.71. The summed E-state index contributed by atoms with van der Waals surface area (Å²) < 4.78 is 11.2. The first-order chi connectivity index (χ1) is 22.9. The second-order valence-electron chi connectivity index (χ2n) is 11.4. The van der Waals surface area contributed by atoms with Gasteiger partial charge in [0.15, 0.2) is 0 Å². The normalized spacial score (nSPS) is 14.1. The number of nitrogens with one attached hydrogen (secondary N) is 3. The number of amides is 3. The molecule has 1 aliphatic rings. The fraction of sp³-hybridized carbons (Fsp3) is 0.270. The Hall–Kier alpha value is -4.86. The van der Waals surface area contributed by atoms with Crippen LogP contribution in [0, 0.1) is 0 Å². The molecule has 0 radical (unpaired) electrons. The van der Waals surface area contributed by atoms with Gasteiger partial charge in [-0.25, -0.2) is 9.59 Å². The van der Waals surface area contributed by atoms with Gasteiger partial charge in [0.25, 0.3) is 5.91 Å². The van der Waals surface area contributed by atoms with E-state index in [1.807, 2.05) is 60.7 Å². The predicted octanol–water partition coefficient (Wildman–Crippen LogP) is 6.85. The van der Waals surface area contributed by atoms with Crippen LogP contribution in [0.2, 0.25) is 5.02 Å². The van der Waals surface area contributed by atoms with Crippen LogP contribution in [0.3, 0.4) is 0 Å². The van der Waals surface area contributed by atoms with Gasteiger partial charge in [0, 0.05) is 54.9 Å². The molecule has 3 amide bonds. The summed E-state index contributed by atoms with van der Waals surface area (Å²) in [5, 5.41) is 9.70. The van der Waals surface area contributed by atoms with E-state index >= 15 is 0 Å². The molecule has 3 N–H and O–H groups in total. The molecule has 9 nitrogen and oxygen atoms in total. The lowest BCUT2D eigenvalue weighted by Crippen LogP contribution is -2.48. The van der Waals surface area contributed by atoms with Gasteiger partial charge in [-0.1, -0.05) is 54.1 Å². The van der Waals surface area contributed by atoms with Gasteiger partial charge < -0.3 is 25.4 Å². The lowest BCUT2D eigenvalue weighted by molar-refractivity contribution is 0.0600. The third kappa shape index (κ3) is 10.1. The van der Waals surface area contributed by atoms with Crippen molar-refractivity contribution < 1.29 is 23.9 Å². The summed E-state index contributed by atoms with van der Waals surface area (Å²) in [5.74, 6) is -0.0796. The molecule has 1 aliphatic heterocycles. The first-order valence-electron chi connectivity index (χ1n) is 15.7. The number of nitrogens with zero attached hydrogens (tertiary/aromatic N) is 1. The number of piperidine rings is 1. The number of halogens is 1. The molecule has 1 fully saturated rings. The summed E-state index contributed by atoms with van der Waals surface area (Å²) in [6.07, 6.45) is 1.78. The number of anilines is 1. The molecular formula is C37H39ClN4O5. The number of likely N-dealkylation sites (tertiary alicyclic amines) is 1. The molecule has 0 bridgehead atoms. The number of hydrogen-bond acceptors (Lipinski definition) is 6. The standard InChI is InChI=1S/C37H39ClN4O5/c1-46-36(44)29-12-10-27(11-13-29)34(47-33-16-14-28(15-17-33)35(43)40-31-8-3-2-4-9-31)18-21-39-37(45)41-32-19-22-42(23-20-32)25-26-6-5-7-30(38)24-26/h2-17,24,32,34H,18-23,25H2,1H3,(H,40,43)(H2,39,41,45). The Bertz CT molecular complexity index is 1630. The molecule has 4 aromatic rings. The Labute approximate surface area is 280 Å². The van der Waals surface area contributed by atoms with Crippen molar-refractivity contribution in [1.82, 2.24) is 15.5 Å². The summed E-state index contributed by atoms with van der Waals surface area (Å²) >= 11 is 6.13. The van der Waals surface area contributed by atoms with Gasteiger partial charge >= 0.3 is 12.0 Å². The lowest BCUT2D eigenvalue weighted by Gasteiger charge is -2.32. The fourth-order valence-electron chi connectivity index (χ4n) is 5.50. The maximum Gasteiger partial charge on any atom is 0.337 e. The second-order valence-corrected chi connectivity index (χ2v) is 11.9. The number of methoxy groups -OCH3 is 1. The van der Waals surface area contributed by atoms with Crippen molar-refractivity contribution in [2.24, 2.45) is 0 Å². The van der Waals surface area contributed by atoms with Crippen LogP contribution in [0.1, 0.15) is 57.2 Å². The maximum absolute atomic E-state index is 12.8. The smallest absolute Gasteiger partial charge is 0.337 e. The zero-order valence-electron chi connectivity index (χ0n) is 26.3. The molecule has 0 spiro atoms. The van der Waals surface area contributed by atoms with Crippen LogP contribution in [0.4, 0.5) is 10.5 Å². The van der Waals surface area contributed by atoms with Crippen LogP contribution in [0.5, 0.6) is 5.75 Å². The van der Waals surface area contributed by atoms with Crippen molar-refractivity contribution in [2.75, 3.05) is 32.1 Å². The zero-order valence-corrected chi connectivity index (χ0v) is 27.0. The third-order valence-corrected chi connectivity index (χ3v) is 8.28. The molecule has 244 valence electrons. The molecule has 5 rings (SSSR count). The minimum atomic E-state index is -0.430. The topological polar surface area (TPSA) is 109 Å². The average molecular weight is 655 g/mol. The number of para-hydroxylation sites is 1. The van der Waals surface area contributed by atoms with Crippen molar-refractivity contribution in [2.45, 2.75) is 38.0 Å². The van der Waals surface area contributed by atoms with E-state index in [4.69, 9.17) is 21.1 Å². The highest BCUT2D eigenvalue weighted by molar-refractivity contribution is 6.30. The molecule has 0 aromatic heterocycles. The van der Waals surface area contributed by atoms with E-state index in [9.17, 15) is 14.4 Å². The minimum Gasteiger partial charge on any atom is -0.486 e. The Morgan fingerprint density at radius 2 is 1.57 bits per heavy atom. The quantitative estimate of drug-likeness (QED) is 0.144. The average Bonchev–Trinajstić information content (AvgIpc) is 3.09. The monoisotopic (exact) mass is 654 g/mol. The number of benzene rings is 4. The number of esters is 1. The van der Waals surface area contributed by atoms with E-state index in [0.29, 0.717) is 35.5 Å². The van der Waals surface area contributed by atoms with E-state index in [0.717, 1.165) is 43.1 Å². The summed E-state index contributed by atoms with van der Waals surface area (Å²) in [5.41, 5.74) is 3.65. The van der Waals surface area contributed by atoms with Crippen LogP contribution in [0.15, 0.2) is 103 Å². The summed E-state index contributed by atoms with van der Waals surface area (Å²) in [6, 6.07) is 31.0. The van der Waals surface area contributed by atoms with E-state index in [1.165, 1.54) is 12.7 Å². The molecule has 0 saturated carbocycles. The Balaban J connectivity index is 1.14. The lowest BCUT2D eigenvalue weighted by atomic mass is 10.0. The van der Waals surface area contributed by atoms with Gasteiger partial charge in [0.1, 0.15) is 11.9 Å². The van der Waals surface area contributed by atoms with Crippen LogP contribution >= 0.6 is 11.6 Å². The summed E-state index contributed by atoms with van der Waals surface area (Å²) in [6.45, 7) is 2.98. The van der Waals surface area contributed by atoms with Gasteiger partial charge in [0.2, 0.25) is 0 Å². The number of carbonyl (C=O) groups is 3. The molecular weight excluding hydrogens is 616 g/mol. The van der Waals surface area contributed by atoms with Gasteiger partial charge in [0.05, 0.1) is 12.7 Å². The molecule has 0 aliphatic carbocycles. The maximum atomic E-state index is 12.8. The third-order valence-electron chi connectivity index (χ3n) is 8.04. The number of ether oxygens (including phenoxy) is 2. The van der Waals surface area contributed by atoms with Crippen molar-refractivity contribution in [3.8, 4) is 5.75 Å². The number of hydrogen-bond donors (Lipinski definition) is 3. The molecule has 1 saturated heterocycles. The Morgan fingerprint density at radius 3 is 2.26 bits per heavy atom.